The number of aldehydes is 1. The van der Waals surface area contributed by atoms with E-state index in [1.54, 1.807) is 7.11 Å². The van der Waals surface area contributed by atoms with Crippen molar-refractivity contribution in [3.8, 4) is 11.1 Å². The molecule has 0 radical (unpaired) electrons. The Bertz CT molecular complexity index is 1390. The molecule has 236 valence electrons. The lowest BCUT2D eigenvalue weighted by molar-refractivity contribution is -0.0395. The number of nitrogens with zero attached hydrogens (tertiary/aromatic N) is 2. The molecule has 2 atom stereocenters. The highest BCUT2D eigenvalue weighted by Gasteiger charge is 2.42. The van der Waals surface area contributed by atoms with E-state index in [2.05, 4.69) is 64.5 Å². The summed E-state index contributed by atoms with van der Waals surface area (Å²) in [4.78, 5) is 17.0. The Morgan fingerprint density at radius 2 is 1.86 bits per heavy atom. The number of aliphatic hydroxyl groups is 1. The Balaban J connectivity index is 1.50. The minimum absolute atomic E-state index is 0.0401. The molecule has 1 unspecified atom stereocenters. The monoisotopic (exact) mass is 617 g/mol. The van der Waals surface area contributed by atoms with Gasteiger partial charge in [-0.2, -0.15) is 0 Å². The number of piperidine rings is 1. The second kappa shape index (κ2) is 15.5. The first-order valence-electron chi connectivity index (χ1n) is 16.3. The molecule has 3 aromatic carbocycles. The number of hydrogen-bond acceptors (Lipinski definition) is 6. The van der Waals surface area contributed by atoms with Crippen LogP contribution in [0.4, 0.5) is 5.69 Å². The van der Waals surface area contributed by atoms with E-state index < -0.39 is 5.60 Å². The topological polar surface area (TPSA) is 65.0 Å². The Morgan fingerprint density at radius 1 is 1.05 bits per heavy atom. The summed E-state index contributed by atoms with van der Waals surface area (Å²) in [5.74, 6) is -0.0401. The largest absolute Gasteiger partial charge is 0.385 e. The Labute approximate surface area is 268 Å². The van der Waals surface area contributed by atoms with Crippen molar-refractivity contribution in [3.63, 3.8) is 0 Å². The third kappa shape index (κ3) is 7.55. The average Bonchev–Trinajstić information content (AvgIpc) is 3.07. The van der Waals surface area contributed by atoms with Crippen LogP contribution >= 0.6 is 11.6 Å². The van der Waals surface area contributed by atoms with Crippen LogP contribution < -0.4 is 10.2 Å². The quantitative estimate of drug-likeness (QED) is 0.164. The molecule has 2 heterocycles. The minimum atomic E-state index is -1.10. The zero-order chi connectivity index (χ0) is 30.9. The molecule has 2 N–H and O–H groups in total. The molecule has 3 aromatic rings. The molecule has 5 rings (SSSR count). The first-order valence-corrected chi connectivity index (χ1v) is 16.7. The number of rotatable bonds is 13. The molecule has 0 amide bonds. The van der Waals surface area contributed by atoms with Crippen molar-refractivity contribution >= 4 is 23.6 Å². The fourth-order valence-electron chi connectivity index (χ4n) is 7.10. The molecule has 7 heteroatoms. The van der Waals surface area contributed by atoms with Crippen molar-refractivity contribution in [2.75, 3.05) is 57.9 Å². The third-order valence-corrected chi connectivity index (χ3v) is 9.85. The highest BCUT2D eigenvalue weighted by atomic mass is 35.5. The number of unbranched alkanes of at least 4 members (excludes halogenated alkanes) is 1. The second-order valence-corrected chi connectivity index (χ2v) is 12.8. The number of aryl methyl sites for hydroxylation is 1. The van der Waals surface area contributed by atoms with Gasteiger partial charge in [0.25, 0.3) is 0 Å². The van der Waals surface area contributed by atoms with Crippen molar-refractivity contribution in [2.24, 2.45) is 5.92 Å². The summed E-state index contributed by atoms with van der Waals surface area (Å²) in [5, 5.41) is 17.0. The number of carbonyl (C=O) groups excluding carboxylic acids is 1. The number of ether oxygens (including phenoxy) is 1. The van der Waals surface area contributed by atoms with Gasteiger partial charge in [0.2, 0.25) is 0 Å². The fourth-order valence-corrected chi connectivity index (χ4v) is 7.38. The van der Waals surface area contributed by atoms with Crippen molar-refractivity contribution in [1.82, 2.24) is 10.2 Å². The lowest BCUT2D eigenvalue weighted by Gasteiger charge is -2.45. The average molecular weight is 618 g/mol. The standard InChI is InChI=1S/C37H48ClN3O3/c1-3-28-9-6-10-30(23-28)36-33(12-7-13-34(36)38)37(43,16-4-5-22-44-2)32-11-8-19-41(26-32)35-24-29(14-15-31(35)27-42)25-40-20-17-39-18-21-40/h6-7,9-10,12-15,23-24,27,32,39,43H,3-5,8,11,16-22,25-26H2,1-2H3/t32?,37-/m1/s1. The van der Waals surface area contributed by atoms with Gasteiger partial charge in [0, 0.05) is 87.3 Å². The van der Waals surface area contributed by atoms with E-state index in [-0.39, 0.29) is 5.92 Å². The fraction of sp³-hybridized carbons (Fsp3) is 0.486. The Morgan fingerprint density at radius 3 is 2.64 bits per heavy atom. The van der Waals surface area contributed by atoms with Gasteiger partial charge in [-0.25, -0.2) is 0 Å². The lowest BCUT2D eigenvalue weighted by atomic mass is 9.72. The molecule has 0 saturated carbocycles. The summed E-state index contributed by atoms with van der Waals surface area (Å²) in [6, 6.07) is 20.7. The van der Waals surface area contributed by atoms with Crippen molar-refractivity contribution in [3.05, 3.63) is 87.9 Å². The molecular weight excluding hydrogens is 570 g/mol. The van der Waals surface area contributed by atoms with Gasteiger partial charge in [-0.05, 0) is 79.0 Å². The maximum absolute atomic E-state index is 13.0. The molecule has 6 nitrogen and oxygen atoms in total. The number of piperazine rings is 1. The number of methoxy groups -OCH3 is 1. The molecule has 0 aromatic heterocycles. The van der Waals surface area contributed by atoms with Crippen LogP contribution in [0.15, 0.2) is 60.7 Å². The van der Waals surface area contributed by atoms with E-state index in [0.29, 0.717) is 30.2 Å². The van der Waals surface area contributed by atoms with Crippen LogP contribution in [0.1, 0.15) is 66.1 Å². The van der Waals surface area contributed by atoms with Crippen LogP contribution in [-0.4, -0.2) is 69.3 Å². The van der Waals surface area contributed by atoms with E-state index in [0.717, 1.165) is 100 Å². The molecule has 44 heavy (non-hydrogen) atoms. The predicted octanol–water partition coefficient (Wildman–Crippen LogP) is 6.71. The van der Waals surface area contributed by atoms with Gasteiger partial charge < -0.3 is 20.1 Å². The first kappa shape index (κ1) is 32.6. The maximum atomic E-state index is 13.0. The van der Waals surface area contributed by atoms with E-state index in [9.17, 15) is 9.90 Å². The molecule has 2 saturated heterocycles. The van der Waals surface area contributed by atoms with E-state index >= 15 is 0 Å². The van der Waals surface area contributed by atoms with Gasteiger partial charge in [0.1, 0.15) is 0 Å². The predicted molar refractivity (Wildman–Crippen MR) is 181 cm³/mol. The smallest absolute Gasteiger partial charge is 0.152 e. The summed E-state index contributed by atoms with van der Waals surface area (Å²) in [7, 11) is 1.72. The molecule has 2 fully saturated rings. The van der Waals surface area contributed by atoms with Crippen molar-refractivity contribution in [2.45, 2.75) is 57.6 Å². The summed E-state index contributed by atoms with van der Waals surface area (Å²) >= 11 is 6.96. The van der Waals surface area contributed by atoms with Crippen LogP contribution in [-0.2, 0) is 23.3 Å². The molecule has 0 bridgehead atoms. The molecule has 2 aliphatic rings. The highest BCUT2D eigenvalue weighted by molar-refractivity contribution is 6.33. The van der Waals surface area contributed by atoms with Gasteiger partial charge in [-0.15, -0.1) is 0 Å². The van der Waals surface area contributed by atoms with Crippen LogP contribution in [0.2, 0.25) is 5.02 Å². The number of anilines is 1. The van der Waals surface area contributed by atoms with Crippen molar-refractivity contribution in [1.29, 1.82) is 0 Å². The SMILES string of the molecule is CCc1cccc(-c2c(Cl)cccc2[C@@](O)(CCCCOC)C2CCCN(c3cc(CN4CCNCC4)ccc3C=O)C2)c1. The van der Waals surface area contributed by atoms with Crippen LogP contribution in [0.5, 0.6) is 0 Å². The highest BCUT2D eigenvalue weighted by Crippen LogP contribution is 2.46. The third-order valence-electron chi connectivity index (χ3n) is 9.54. The van der Waals surface area contributed by atoms with Crippen molar-refractivity contribution < 1.29 is 14.6 Å². The van der Waals surface area contributed by atoms with Gasteiger partial charge in [0.15, 0.2) is 6.29 Å². The lowest BCUT2D eigenvalue weighted by Crippen LogP contribution is -2.47. The number of hydrogen-bond donors (Lipinski definition) is 2. The van der Waals surface area contributed by atoms with Gasteiger partial charge in [0.05, 0.1) is 5.60 Å². The molecule has 0 aliphatic carbocycles. The number of nitrogens with one attached hydrogen (secondary N) is 1. The maximum Gasteiger partial charge on any atom is 0.152 e. The molecule has 2 aliphatic heterocycles. The minimum Gasteiger partial charge on any atom is -0.385 e. The van der Waals surface area contributed by atoms with E-state index in [1.165, 1.54) is 11.1 Å². The summed E-state index contributed by atoms with van der Waals surface area (Å²) in [5.41, 5.74) is 5.89. The van der Waals surface area contributed by atoms with E-state index in [4.69, 9.17) is 16.3 Å². The number of carbonyl (C=O) groups is 1. The summed E-state index contributed by atoms with van der Waals surface area (Å²) < 4.78 is 5.36. The molecular formula is C37H48ClN3O3. The van der Waals surface area contributed by atoms with Crippen LogP contribution in [0, 0.1) is 5.92 Å². The van der Waals surface area contributed by atoms with Crippen LogP contribution in [0.25, 0.3) is 11.1 Å². The van der Waals surface area contributed by atoms with Gasteiger partial charge >= 0.3 is 0 Å². The second-order valence-electron chi connectivity index (χ2n) is 12.4. The normalized spacial score (nSPS) is 19.1. The Kier molecular flexibility index (Phi) is 11.5. The number of halogens is 1. The summed E-state index contributed by atoms with van der Waals surface area (Å²) in [6.45, 7) is 9.27. The zero-order valence-corrected chi connectivity index (χ0v) is 27.1. The first-order chi connectivity index (χ1) is 21.5. The van der Waals surface area contributed by atoms with Crippen LogP contribution in [0.3, 0.4) is 0 Å². The molecule has 0 spiro atoms. The zero-order valence-electron chi connectivity index (χ0n) is 26.4. The van der Waals surface area contributed by atoms with E-state index in [1.807, 2.05) is 18.2 Å². The Hall–Kier alpha value is -2.74. The summed E-state index contributed by atoms with van der Waals surface area (Å²) in [6.07, 6.45) is 6.06. The number of benzene rings is 3. The van der Waals surface area contributed by atoms with Gasteiger partial charge in [-0.3, -0.25) is 9.69 Å². The van der Waals surface area contributed by atoms with Gasteiger partial charge in [-0.1, -0.05) is 61.0 Å².